The van der Waals surface area contributed by atoms with Crippen LogP contribution in [0.1, 0.15) is 45.4 Å². The van der Waals surface area contributed by atoms with Crippen molar-refractivity contribution in [2.24, 2.45) is 0 Å². The number of thioether (sulfide) groups is 1. The Hall–Kier alpha value is -5.93. The zero-order chi connectivity index (χ0) is 36.7. The maximum Gasteiger partial charge on any atom is 0.0454 e. The van der Waals surface area contributed by atoms with Gasteiger partial charge in [-0.3, -0.25) is 0 Å². The van der Waals surface area contributed by atoms with Crippen molar-refractivity contribution in [3.8, 4) is 22.3 Å². The zero-order valence-electron chi connectivity index (χ0n) is 30.7. The molecule has 0 N–H and O–H groups in total. The molecule has 1 aliphatic heterocycles. The van der Waals surface area contributed by atoms with Gasteiger partial charge in [0, 0.05) is 41.8 Å². The summed E-state index contributed by atoms with van der Waals surface area (Å²) in [6, 6.07) is 64.2. The molecule has 0 fully saturated rings. The van der Waals surface area contributed by atoms with Crippen LogP contribution in [0.3, 0.4) is 0 Å². The molecule has 56 heavy (non-hydrogen) atoms. The van der Waals surface area contributed by atoms with E-state index in [4.69, 9.17) is 0 Å². The van der Waals surface area contributed by atoms with Gasteiger partial charge in [0.15, 0.2) is 0 Å². The fourth-order valence-electron chi connectivity index (χ4n) is 9.83. The van der Waals surface area contributed by atoms with Crippen LogP contribution in [0, 0.1) is 0 Å². The van der Waals surface area contributed by atoms with E-state index in [0.717, 1.165) is 12.8 Å². The van der Waals surface area contributed by atoms with Gasteiger partial charge in [-0.25, -0.2) is 0 Å². The van der Waals surface area contributed by atoms with Crippen LogP contribution >= 0.6 is 23.1 Å². The molecule has 2 unspecified atom stereocenters. The highest BCUT2D eigenvalue weighted by Crippen LogP contribution is 2.63. The minimum Gasteiger partial charge on any atom is -0.134 e. The molecule has 1 aromatic heterocycles. The molecule has 0 nitrogen and oxygen atoms in total. The molecular weight excluding hydrogens is 713 g/mol. The minimum atomic E-state index is 0.205. The largest absolute Gasteiger partial charge is 0.134 e. The Morgan fingerprint density at radius 3 is 1.93 bits per heavy atom. The molecule has 10 aromatic rings. The van der Waals surface area contributed by atoms with Gasteiger partial charge in [0.1, 0.15) is 0 Å². The van der Waals surface area contributed by atoms with Crippen LogP contribution in [0.15, 0.2) is 181 Å². The van der Waals surface area contributed by atoms with Gasteiger partial charge in [-0.15, -0.1) is 23.1 Å². The molecular formula is C54H36S2. The first-order valence-electron chi connectivity index (χ1n) is 19.7. The Bertz CT molecular complexity index is 3180. The van der Waals surface area contributed by atoms with Gasteiger partial charge in [0.05, 0.1) is 0 Å². The van der Waals surface area contributed by atoms with Crippen molar-refractivity contribution in [3.05, 3.63) is 204 Å². The molecule has 0 saturated carbocycles. The average Bonchev–Trinajstić information content (AvgIpc) is 3.84. The zero-order valence-corrected chi connectivity index (χ0v) is 32.3. The van der Waals surface area contributed by atoms with Crippen molar-refractivity contribution in [1.29, 1.82) is 0 Å². The quantitative estimate of drug-likeness (QED) is 0.162. The number of hydrogen-bond acceptors (Lipinski definition) is 2. The van der Waals surface area contributed by atoms with Crippen LogP contribution in [0.2, 0.25) is 0 Å². The second kappa shape index (κ2) is 12.8. The second-order valence-electron chi connectivity index (χ2n) is 15.3. The van der Waals surface area contributed by atoms with E-state index in [-0.39, 0.29) is 11.2 Å². The highest BCUT2D eigenvalue weighted by molar-refractivity contribution is 8.00. The van der Waals surface area contributed by atoms with Crippen LogP contribution in [-0.4, -0.2) is 0 Å². The van der Waals surface area contributed by atoms with Gasteiger partial charge >= 0.3 is 0 Å². The fourth-order valence-corrected chi connectivity index (χ4v) is 12.8. The summed E-state index contributed by atoms with van der Waals surface area (Å²) in [6.45, 7) is 0. The van der Waals surface area contributed by atoms with Crippen molar-refractivity contribution in [1.82, 2.24) is 0 Å². The SMILES string of the molecule is C1=Cc2cc(C3Sc4c(cc5c(sc6ccccc65)c4-c4c5ccccc5c(-c5cccc6ccccc56)c5ccccc45)C3c3ccccc3)ccc2CC1. The smallest absolute Gasteiger partial charge is 0.0454 e. The second-order valence-corrected chi connectivity index (χ2v) is 17.5. The summed E-state index contributed by atoms with van der Waals surface area (Å²) in [5, 5.41) is 10.7. The van der Waals surface area contributed by atoms with E-state index in [2.05, 4.69) is 194 Å². The molecule has 2 heteroatoms. The lowest BCUT2D eigenvalue weighted by Crippen LogP contribution is -2.06. The number of allylic oxidation sites excluding steroid dienone is 1. The van der Waals surface area contributed by atoms with Crippen LogP contribution < -0.4 is 0 Å². The lowest BCUT2D eigenvalue weighted by molar-refractivity contribution is 0.797. The van der Waals surface area contributed by atoms with E-state index in [0.29, 0.717) is 0 Å². The molecule has 0 spiro atoms. The molecule has 0 radical (unpaired) electrons. The van der Waals surface area contributed by atoms with Gasteiger partial charge in [-0.1, -0.05) is 170 Å². The van der Waals surface area contributed by atoms with Crippen LogP contribution in [0.4, 0.5) is 0 Å². The van der Waals surface area contributed by atoms with Crippen LogP contribution in [-0.2, 0) is 6.42 Å². The summed E-state index contributed by atoms with van der Waals surface area (Å²) in [6.07, 6.45) is 6.93. The Morgan fingerprint density at radius 2 is 1.14 bits per heavy atom. The molecule has 2 aliphatic rings. The fraction of sp³-hybridized carbons (Fsp3) is 0.0741. The van der Waals surface area contributed by atoms with E-state index in [1.807, 2.05) is 11.3 Å². The van der Waals surface area contributed by atoms with E-state index in [1.165, 1.54) is 107 Å². The maximum absolute atomic E-state index is 2.57. The minimum absolute atomic E-state index is 0.205. The summed E-state index contributed by atoms with van der Waals surface area (Å²) >= 11 is 4.05. The van der Waals surface area contributed by atoms with Crippen molar-refractivity contribution >= 4 is 81.7 Å². The molecule has 2 heterocycles. The molecule has 264 valence electrons. The maximum atomic E-state index is 2.57. The lowest BCUT2D eigenvalue weighted by atomic mass is 9.81. The number of rotatable bonds is 4. The van der Waals surface area contributed by atoms with Gasteiger partial charge in [-0.2, -0.15) is 0 Å². The standard InChI is InChI=1S/C54H36S2/c1-2-17-35(18-3-1)48-46-32-45-39-22-12-13-28-47(39)55-53(45)51(54(46)56-52(48)37-30-29-33-15-4-5-19-36(33)31-37)50-43-25-10-8-23-41(43)49(42-24-9-11-26-44(42)50)40-27-14-20-34-16-6-7-21-38(34)40/h1-3,5-14,16-32,48,52H,4,15H2. The van der Waals surface area contributed by atoms with Crippen molar-refractivity contribution in [2.75, 3.05) is 0 Å². The summed E-state index contributed by atoms with van der Waals surface area (Å²) in [4.78, 5) is 1.42. The predicted octanol–water partition coefficient (Wildman–Crippen LogP) is 15.8. The van der Waals surface area contributed by atoms with E-state index in [1.54, 1.807) is 0 Å². The highest BCUT2D eigenvalue weighted by atomic mass is 32.2. The van der Waals surface area contributed by atoms with Crippen molar-refractivity contribution < 1.29 is 0 Å². The first-order chi connectivity index (χ1) is 27.8. The van der Waals surface area contributed by atoms with Crippen molar-refractivity contribution in [2.45, 2.75) is 28.9 Å². The van der Waals surface area contributed by atoms with Crippen LogP contribution in [0.25, 0.3) is 80.8 Å². The number of aryl methyl sites for hydroxylation is 1. The molecule has 12 rings (SSSR count). The molecule has 0 saturated heterocycles. The predicted molar refractivity (Wildman–Crippen MR) is 243 cm³/mol. The van der Waals surface area contributed by atoms with E-state index in [9.17, 15) is 0 Å². The first-order valence-corrected chi connectivity index (χ1v) is 21.4. The third kappa shape index (κ3) is 4.86. The number of benzene rings is 9. The summed E-state index contributed by atoms with van der Waals surface area (Å²) < 4.78 is 2.72. The van der Waals surface area contributed by atoms with Gasteiger partial charge in [-0.05, 0) is 102 Å². The van der Waals surface area contributed by atoms with E-state index >= 15 is 0 Å². The summed E-state index contributed by atoms with van der Waals surface area (Å²) in [7, 11) is 0. The number of thiophene rings is 1. The molecule has 0 bridgehead atoms. The van der Waals surface area contributed by atoms with Gasteiger partial charge < -0.3 is 0 Å². The Balaban J connectivity index is 1.21. The van der Waals surface area contributed by atoms with Gasteiger partial charge in [0.25, 0.3) is 0 Å². The van der Waals surface area contributed by atoms with E-state index < -0.39 is 0 Å². The lowest BCUT2D eigenvalue weighted by Gasteiger charge is -2.22. The normalized spacial score (nSPS) is 16.3. The number of hydrogen-bond donors (Lipinski definition) is 0. The molecule has 9 aromatic carbocycles. The van der Waals surface area contributed by atoms with Gasteiger partial charge in [0.2, 0.25) is 0 Å². The van der Waals surface area contributed by atoms with Crippen molar-refractivity contribution in [3.63, 3.8) is 0 Å². The summed E-state index contributed by atoms with van der Waals surface area (Å²) in [5.74, 6) is 0.205. The third-order valence-corrected chi connectivity index (χ3v) is 15.0. The Morgan fingerprint density at radius 1 is 0.482 bits per heavy atom. The first kappa shape index (κ1) is 32.3. The molecule has 1 aliphatic carbocycles. The number of fused-ring (bicyclic) bond motifs is 8. The van der Waals surface area contributed by atoms with Crippen LogP contribution in [0.5, 0.6) is 0 Å². The highest BCUT2D eigenvalue weighted by Gasteiger charge is 2.39. The third-order valence-electron chi connectivity index (χ3n) is 12.3. The monoisotopic (exact) mass is 748 g/mol. The summed E-state index contributed by atoms with van der Waals surface area (Å²) in [5.41, 5.74) is 12.4. The Labute approximate surface area is 334 Å². The topological polar surface area (TPSA) is 0 Å². The Kier molecular flexibility index (Phi) is 7.40. The molecule has 0 amide bonds. The molecule has 2 atom stereocenters. The average molecular weight is 749 g/mol.